The van der Waals surface area contributed by atoms with E-state index < -0.39 is 5.41 Å². The van der Waals surface area contributed by atoms with Crippen LogP contribution in [0.3, 0.4) is 0 Å². The first-order valence-electron chi connectivity index (χ1n) is 6.76. The lowest BCUT2D eigenvalue weighted by atomic mass is 9.79. The highest BCUT2D eigenvalue weighted by molar-refractivity contribution is 5.99. The zero-order chi connectivity index (χ0) is 13.8. The summed E-state index contributed by atoms with van der Waals surface area (Å²) in [6, 6.07) is 2.11. The minimum absolute atomic E-state index is 0.0710. The lowest BCUT2D eigenvalue weighted by Crippen LogP contribution is -2.37. The number of nitrogens with one attached hydrogen (secondary N) is 1. The van der Waals surface area contributed by atoms with E-state index in [2.05, 4.69) is 11.4 Å². The van der Waals surface area contributed by atoms with Crippen molar-refractivity contribution in [3.05, 3.63) is 22.8 Å². The van der Waals surface area contributed by atoms with Crippen molar-refractivity contribution in [2.45, 2.75) is 39.7 Å². The third-order valence-electron chi connectivity index (χ3n) is 4.12. The number of amides is 1. The predicted molar refractivity (Wildman–Crippen MR) is 74.5 cm³/mol. The van der Waals surface area contributed by atoms with E-state index in [0.717, 1.165) is 35.4 Å². The molecular weight excluding hydrogens is 240 g/mol. The molecule has 0 saturated carbocycles. The van der Waals surface area contributed by atoms with Crippen molar-refractivity contribution in [3.63, 3.8) is 0 Å². The largest absolute Gasteiger partial charge is 0.488 e. The number of hydrogen-bond acceptors (Lipinski definition) is 3. The van der Waals surface area contributed by atoms with E-state index in [0.29, 0.717) is 6.54 Å². The third kappa shape index (κ3) is 1.82. The summed E-state index contributed by atoms with van der Waals surface area (Å²) in [5.74, 6) is 1.03. The Morgan fingerprint density at radius 1 is 1.53 bits per heavy atom. The van der Waals surface area contributed by atoms with E-state index in [9.17, 15) is 4.79 Å². The van der Waals surface area contributed by atoms with Crippen molar-refractivity contribution >= 4 is 11.6 Å². The van der Waals surface area contributed by atoms with Gasteiger partial charge in [-0.25, -0.2) is 0 Å². The number of nitrogens with two attached hydrogens (primary N) is 1. The van der Waals surface area contributed by atoms with Gasteiger partial charge in [0.1, 0.15) is 11.9 Å². The first-order chi connectivity index (χ1) is 8.92. The van der Waals surface area contributed by atoms with Gasteiger partial charge in [0.25, 0.3) is 0 Å². The molecule has 1 aromatic rings. The Labute approximate surface area is 113 Å². The molecule has 4 heteroatoms. The first kappa shape index (κ1) is 12.5. The molecule has 0 spiro atoms. The van der Waals surface area contributed by atoms with E-state index in [4.69, 9.17) is 10.5 Å². The smallest absolute Gasteiger partial charge is 0.230 e. The maximum Gasteiger partial charge on any atom is 0.230 e. The maximum absolute atomic E-state index is 12.1. The van der Waals surface area contributed by atoms with E-state index in [1.165, 1.54) is 5.56 Å². The number of hydrogen-bond donors (Lipinski definition) is 2. The van der Waals surface area contributed by atoms with Crippen molar-refractivity contribution in [1.29, 1.82) is 0 Å². The zero-order valence-electron chi connectivity index (χ0n) is 11.7. The fourth-order valence-electron chi connectivity index (χ4n) is 2.98. The standard InChI is InChI=1S/C15H20N2O2/c1-8-4-9-5-10(7-16)19-13(9)11-6-15(2,3)14(18)17-12(8)11/h4,10H,5-7,16H2,1-3H3,(H,17,18). The van der Waals surface area contributed by atoms with Crippen LogP contribution in [-0.2, 0) is 17.6 Å². The number of rotatable bonds is 1. The van der Waals surface area contributed by atoms with Gasteiger partial charge >= 0.3 is 0 Å². The van der Waals surface area contributed by atoms with Crippen LogP contribution in [0.4, 0.5) is 5.69 Å². The van der Waals surface area contributed by atoms with E-state index in [1.807, 2.05) is 20.8 Å². The molecule has 0 aliphatic carbocycles. The van der Waals surface area contributed by atoms with Crippen LogP contribution in [0.25, 0.3) is 0 Å². The average Bonchev–Trinajstić information content (AvgIpc) is 2.74. The molecular formula is C15H20N2O2. The van der Waals surface area contributed by atoms with Crippen LogP contribution in [0.5, 0.6) is 5.75 Å². The number of anilines is 1. The normalized spacial score (nSPS) is 23.4. The topological polar surface area (TPSA) is 64.3 Å². The lowest BCUT2D eigenvalue weighted by molar-refractivity contribution is -0.124. The van der Waals surface area contributed by atoms with Crippen LogP contribution >= 0.6 is 0 Å². The van der Waals surface area contributed by atoms with Gasteiger partial charge in [0, 0.05) is 23.9 Å². The molecule has 0 fully saturated rings. The van der Waals surface area contributed by atoms with Crippen LogP contribution < -0.4 is 15.8 Å². The van der Waals surface area contributed by atoms with Gasteiger partial charge in [-0.2, -0.15) is 0 Å². The van der Waals surface area contributed by atoms with Gasteiger partial charge in [-0.05, 0) is 24.5 Å². The Balaban J connectivity index is 2.12. The van der Waals surface area contributed by atoms with Gasteiger partial charge in [-0.1, -0.05) is 19.9 Å². The molecule has 102 valence electrons. The van der Waals surface area contributed by atoms with Crippen molar-refractivity contribution in [2.24, 2.45) is 11.1 Å². The molecule has 0 radical (unpaired) electrons. The molecule has 19 heavy (non-hydrogen) atoms. The molecule has 2 aliphatic rings. The zero-order valence-corrected chi connectivity index (χ0v) is 11.7. The highest BCUT2D eigenvalue weighted by atomic mass is 16.5. The summed E-state index contributed by atoms with van der Waals surface area (Å²) in [7, 11) is 0. The van der Waals surface area contributed by atoms with Gasteiger partial charge in [0.2, 0.25) is 5.91 Å². The van der Waals surface area contributed by atoms with E-state index >= 15 is 0 Å². The summed E-state index contributed by atoms with van der Waals surface area (Å²) >= 11 is 0. The number of fused-ring (bicyclic) bond motifs is 3. The second-order valence-electron chi connectivity index (χ2n) is 6.23. The minimum atomic E-state index is -0.390. The summed E-state index contributed by atoms with van der Waals surface area (Å²) in [4.78, 5) is 12.1. The molecule has 0 saturated heterocycles. The fourth-order valence-corrected chi connectivity index (χ4v) is 2.98. The molecule has 1 atom stereocenters. The van der Waals surface area contributed by atoms with E-state index in [1.54, 1.807) is 0 Å². The summed E-state index contributed by atoms with van der Waals surface area (Å²) < 4.78 is 5.96. The van der Waals surface area contributed by atoms with Crippen LogP contribution in [0.1, 0.15) is 30.5 Å². The molecule has 1 aromatic carbocycles. The SMILES string of the molecule is Cc1cc2c(c3c1NC(=O)C(C)(C)C3)OC(CN)C2. The summed E-state index contributed by atoms with van der Waals surface area (Å²) in [5, 5.41) is 3.03. The molecule has 2 heterocycles. The van der Waals surface area contributed by atoms with Crippen LogP contribution in [-0.4, -0.2) is 18.6 Å². The second kappa shape index (κ2) is 3.97. The molecule has 0 aromatic heterocycles. The van der Waals surface area contributed by atoms with E-state index in [-0.39, 0.29) is 12.0 Å². The summed E-state index contributed by atoms with van der Waals surface area (Å²) in [6.07, 6.45) is 1.66. The first-order valence-corrected chi connectivity index (χ1v) is 6.76. The fraction of sp³-hybridized carbons (Fsp3) is 0.533. The highest BCUT2D eigenvalue weighted by Crippen LogP contribution is 2.45. The minimum Gasteiger partial charge on any atom is -0.488 e. The Hall–Kier alpha value is -1.55. The molecule has 4 nitrogen and oxygen atoms in total. The van der Waals surface area contributed by atoms with Gasteiger partial charge in [-0.15, -0.1) is 0 Å². The number of carbonyl (C=O) groups is 1. The molecule has 2 aliphatic heterocycles. The quantitative estimate of drug-likeness (QED) is 0.809. The molecule has 0 bridgehead atoms. The average molecular weight is 260 g/mol. The van der Waals surface area contributed by atoms with Crippen LogP contribution in [0.2, 0.25) is 0 Å². The van der Waals surface area contributed by atoms with Crippen molar-refractivity contribution < 1.29 is 9.53 Å². The van der Waals surface area contributed by atoms with Crippen molar-refractivity contribution in [1.82, 2.24) is 0 Å². The third-order valence-corrected chi connectivity index (χ3v) is 4.12. The Bertz CT molecular complexity index is 564. The molecule has 1 unspecified atom stereocenters. The monoisotopic (exact) mass is 260 g/mol. The maximum atomic E-state index is 12.1. The lowest BCUT2D eigenvalue weighted by Gasteiger charge is -2.32. The van der Waals surface area contributed by atoms with Gasteiger partial charge in [0.15, 0.2) is 0 Å². The molecule has 1 amide bonds. The van der Waals surface area contributed by atoms with Crippen LogP contribution in [0.15, 0.2) is 6.07 Å². The molecule has 3 N–H and O–H groups in total. The number of aryl methyl sites for hydroxylation is 1. The Kier molecular flexibility index (Phi) is 2.61. The van der Waals surface area contributed by atoms with Gasteiger partial charge in [0.05, 0.1) is 5.69 Å². The predicted octanol–water partition coefficient (Wildman–Crippen LogP) is 1.78. The highest BCUT2D eigenvalue weighted by Gasteiger charge is 2.38. The number of ether oxygens (including phenoxy) is 1. The second-order valence-corrected chi connectivity index (χ2v) is 6.23. The van der Waals surface area contributed by atoms with Gasteiger partial charge < -0.3 is 15.8 Å². The van der Waals surface area contributed by atoms with Crippen LogP contribution in [0, 0.1) is 12.3 Å². The van der Waals surface area contributed by atoms with Gasteiger partial charge in [-0.3, -0.25) is 4.79 Å². The van der Waals surface area contributed by atoms with Crippen molar-refractivity contribution in [2.75, 3.05) is 11.9 Å². The molecule has 3 rings (SSSR count). The van der Waals surface area contributed by atoms with Crippen molar-refractivity contribution in [3.8, 4) is 5.75 Å². The number of carbonyl (C=O) groups excluding carboxylic acids is 1. The Morgan fingerprint density at radius 3 is 2.95 bits per heavy atom. The Morgan fingerprint density at radius 2 is 2.26 bits per heavy atom. The summed E-state index contributed by atoms with van der Waals surface area (Å²) in [5.41, 5.74) is 9.71. The summed E-state index contributed by atoms with van der Waals surface area (Å²) in [6.45, 7) is 6.50. The number of benzene rings is 1.